The number of halogens is 2. The molecule has 0 aliphatic carbocycles. The summed E-state index contributed by atoms with van der Waals surface area (Å²) < 4.78 is 56.8. The first kappa shape index (κ1) is 16.6. The molecule has 1 N–H and O–H groups in total. The monoisotopic (exact) mass is 330 g/mol. The predicted molar refractivity (Wildman–Crippen MR) is 76.4 cm³/mol. The third-order valence-electron chi connectivity index (χ3n) is 3.06. The van der Waals surface area contributed by atoms with Crippen LogP contribution in [0, 0.1) is 11.6 Å². The minimum atomic E-state index is -3.53. The Balaban J connectivity index is 1.86. The van der Waals surface area contributed by atoms with Crippen LogP contribution in [-0.2, 0) is 22.2 Å². The number of rotatable bonds is 7. The molecule has 0 radical (unpaired) electrons. The molecule has 1 aromatic carbocycles. The number of aromatic nitrogens is 1. The van der Waals surface area contributed by atoms with Crippen molar-refractivity contribution in [2.45, 2.75) is 31.6 Å². The lowest BCUT2D eigenvalue weighted by atomic mass is 10.1. The van der Waals surface area contributed by atoms with Crippen molar-refractivity contribution < 1.29 is 21.7 Å². The van der Waals surface area contributed by atoms with E-state index in [1.807, 2.05) is 0 Å². The molecule has 1 unspecified atom stereocenters. The van der Waals surface area contributed by atoms with E-state index in [-0.39, 0.29) is 11.8 Å². The lowest BCUT2D eigenvalue weighted by molar-refractivity contribution is 0.413. The summed E-state index contributed by atoms with van der Waals surface area (Å²) in [6, 6.07) is 4.79. The van der Waals surface area contributed by atoms with Crippen molar-refractivity contribution in [3.8, 4) is 0 Å². The Labute approximate surface area is 127 Å². The zero-order chi connectivity index (χ0) is 16.2. The number of benzene rings is 1. The largest absolute Gasteiger partial charge is 0.364 e. The van der Waals surface area contributed by atoms with Crippen molar-refractivity contribution in [1.29, 1.82) is 0 Å². The highest BCUT2D eigenvalue weighted by Crippen LogP contribution is 2.12. The summed E-state index contributed by atoms with van der Waals surface area (Å²) in [5.41, 5.74) is 0.932. The molecule has 1 heterocycles. The van der Waals surface area contributed by atoms with Gasteiger partial charge < -0.3 is 4.52 Å². The summed E-state index contributed by atoms with van der Waals surface area (Å²) in [7, 11) is -3.53. The van der Waals surface area contributed by atoms with Gasteiger partial charge in [-0.1, -0.05) is 11.2 Å². The smallest absolute Gasteiger partial charge is 0.217 e. The van der Waals surface area contributed by atoms with Crippen molar-refractivity contribution in [3.63, 3.8) is 0 Å². The fourth-order valence-corrected chi connectivity index (χ4v) is 3.34. The van der Waals surface area contributed by atoms with E-state index in [1.54, 1.807) is 6.92 Å². The Morgan fingerprint density at radius 1 is 1.27 bits per heavy atom. The number of nitrogens with zero attached hydrogens (tertiary/aromatic N) is 1. The third-order valence-corrected chi connectivity index (χ3v) is 4.50. The second kappa shape index (κ2) is 6.97. The first-order valence-corrected chi connectivity index (χ1v) is 8.34. The number of sulfonamides is 1. The predicted octanol–water partition coefficient (Wildman–Crippen LogP) is 2.39. The minimum Gasteiger partial charge on any atom is -0.364 e. The molecule has 1 aromatic heterocycles. The highest BCUT2D eigenvalue weighted by Gasteiger charge is 2.17. The second-order valence-electron chi connectivity index (χ2n) is 5.06. The van der Waals surface area contributed by atoms with Gasteiger partial charge in [0.1, 0.15) is 12.0 Å². The van der Waals surface area contributed by atoms with E-state index in [0.717, 1.165) is 12.1 Å². The van der Waals surface area contributed by atoms with Crippen molar-refractivity contribution in [2.75, 3.05) is 0 Å². The van der Waals surface area contributed by atoms with Crippen molar-refractivity contribution in [2.24, 2.45) is 0 Å². The van der Waals surface area contributed by atoms with Gasteiger partial charge in [0.15, 0.2) is 11.6 Å². The molecule has 0 saturated carbocycles. The van der Waals surface area contributed by atoms with E-state index in [9.17, 15) is 17.2 Å². The van der Waals surface area contributed by atoms with Crippen LogP contribution in [-0.4, -0.2) is 19.6 Å². The molecule has 0 aliphatic heterocycles. The molecule has 0 spiro atoms. The van der Waals surface area contributed by atoms with Crippen LogP contribution >= 0.6 is 0 Å². The molecule has 0 saturated heterocycles. The van der Waals surface area contributed by atoms with E-state index in [4.69, 9.17) is 0 Å². The Hall–Kier alpha value is -1.80. The highest BCUT2D eigenvalue weighted by atomic mass is 32.2. The van der Waals surface area contributed by atoms with E-state index < -0.39 is 21.7 Å². The Morgan fingerprint density at radius 3 is 2.68 bits per heavy atom. The topological polar surface area (TPSA) is 72.2 Å². The van der Waals surface area contributed by atoms with E-state index in [1.165, 1.54) is 18.4 Å². The highest BCUT2D eigenvalue weighted by molar-refractivity contribution is 7.88. The normalized spacial score (nSPS) is 13.2. The van der Waals surface area contributed by atoms with Gasteiger partial charge in [-0.05, 0) is 37.5 Å². The van der Waals surface area contributed by atoms with Crippen LogP contribution in [0.15, 0.2) is 35.1 Å². The average Bonchev–Trinajstić information content (AvgIpc) is 2.91. The molecule has 1 atom stereocenters. The van der Waals surface area contributed by atoms with Gasteiger partial charge >= 0.3 is 0 Å². The Morgan fingerprint density at radius 2 is 2.05 bits per heavy atom. The molecule has 120 valence electrons. The van der Waals surface area contributed by atoms with Gasteiger partial charge in [0.25, 0.3) is 0 Å². The fraction of sp³-hybridized carbons (Fsp3) is 0.357. The summed E-state index contributed by atoms with van der Waals surface area (Å²) >= 11 is 0. The number of aryl methyl sites for hydroxylation is 1. The van der Waals surface area contributed by atoms with Gasteiger partial charge in [0, 0.05) is 12.1 Å². The Bertz CT molecular complexity index is 718. The van der Waals surface area contributed by atoms with Crippen LogP contribution in [0.3, 0.4) is 0 Å². The molecule has 22 heavy (non-hydrogen) atoms. The van der Waals surface area contributed by atoms with Gasteiger partial charge in [-0.25, -0.2) is 21.9 Å². The van der Waals surface area contributed by atoms with Gasteiger partial charge in [-0.3, -0.25) is 0 Å². The third kappa shape index (κ3) is 4.88. The lowest BCUT2D eigenvalue weighted by Gasteiger charge is -2.13. The van der Waals surface area contributed by atoms with Crippen molar-refractivity contribution in [1.82, 2.24) is 9.88 Å². The Kier molecular flexibility index (Phi) is 5.25. The van der Waals surface area contributed by atoms with Gasteiger partial charge in [0.05, 0.1) is 5.69 Å². The maximum atomic E-state index is 13.1. The summed E-state index contributed by atoms with van der Waals surface area (Å²) in [5.74, 6) is -2.07. The van der Waals surface area contributed by atoms with Crippen molar-refractivity contribution >= 4 is 10.0 Å². The fourth-order valence-electron chi connectivity index (χ4n) is 1.99. The van der Waals surface area contributed by atoms with E-state index >= 15 is 0 Å². The maximum absolute atomic E-state index is 13.1. The molecule has 5 nitrogen and oxygen atoms in total. The van der Waals surface area contributed by atoms with Gasteiger partial charge in [0.2, 0.25) is 10.0 Å². The van der Waals surface area contributed by atoms with E-state index in [2.05, 4.69) is 14.4 Å². The van der Waals surface area contributed by atoms with Crippen molar-refractivity contribution in [3.05, 3.63) is 53.4 Å². The zero-order valence-corrected chi connectivity index (χ0v) is 12.7. The molecule has 8 heteroatoms. The number of hydrogen-bond donors (Lipinski definition) is 1. The van der Waals surface area contributed by atoms with Crippen LogP contribution in [0.4, 0.5) is 8.78 Å². The average molecular weight is 330 g/mol. The first-order valence-electron chi connectivity index (χ1n) is 6.69. The quantitative estimate of drug-likeness (QED) is 0.846. The van der Waals surface area contributed by atoms with E-state index in [0.29, 0.717) is 24.1 Å². The zero-order valence-electron chi connectivity index (χ0n) is 11.9. The van der Waals surface area contributed by atoms with Crippen LogP contribution in [0.2, 0.25) is 0 Å². The standard InChI is InChI=1S/C14H16F2N2O3S/c1-10(2-3-11-4-5-13(15)14(16)8-11)18-22(19,20)9-12-6-7-21-17-12/h4-8,10,18H,2-3,9H2,1H3. The minimum absolute atomic E-state index is 0.265. The SMILES string of the molecule is CC(CCc1ccc(F)c(F)c1)NS(=O)(=O)Cc1ccon1. The molecule has 2 rings (SSSR count). The maximum Gasteiger partial charge on any atom is 0.217 e. The lowest BCUT2D eigenvalue weighted by Crippen LogP contribution is -2.33. The summed E-state index contributed by atoms with van der Waals surface area (Å²) in [6.45, 7) is 1.71. The van der Waals surface area contributed by atoms with Crippen LogP contribution in [0.5, 0.6) is 0 Å². The van der Waals surface area contributed by atoms with Gasteiger partial charge in [-0.15, -0.1) is 0 Å². The van der Waals surface area contributed by atoms with Crippen LogP contribution < -0.4 is 4.72 Å². The molecular weight excluding hydrogens is 314 g/mol. The molecular formula is C14H16F2N2O3S. The molecule has 0 fully saturated rings. The summed E-state index contributed by atoms with van der Waals surface area (Å²) in [6.07, 6.45) is 2.20. The molecule has 0 bridgehead atoms. The molecule has 2 aromatic rings. The molecule has 0 amide bonds. The van der Waals surface area contributed by atoms with Crippen LogP contribution in [0.1, 0.15) is 24.6 Å². The second-order valence-corrected chi connectivity index (χ2v) is 6.81. The summed E-state index contributed by atoms with van der Waals surface area (Å²) in [4.78, 5) is 0. The number of hydrogen-bond acceptors (Lipinski definition) is 4. The number of nitrogens with one attached hydrogen (secondary N) is 1. The first-order chi connectivity index (χ1) is 10.4. The van der Waals surface area contributed by atoms with Gasteiger partial charge in [-0.2, -0.15) is 0 Å². The summed E-state index contributed by atoms with van der Waals surface area (Å²) in [5, 5.41) is 3.55. The van der Waals surface area contributed by atoms with Crippen LogP contribution in [0.25, 0.3) is 0 Å². The molecule has 0 aliphatic rings.